The van der Waals surface area contributed by atoms with Gasteiger partial charge in [-0.3, -0.25) is 4.68 Å². The smallest absolute Gasteiger partial charge is 0.316 e. The van der Waals surface area contributed by atoms with Crippen molar-refractivity contribution in [2.24, 2.45) is 0 Å². The Balaban J connectivity index is 1.77. The molecule has 1 aliphatic rings. The molecule has 1 N–H and O–H groups in total. The monoisotopic (exact) mass is 319 g/mol. The number of nitrogens with one attached hydrogen (secondary N) is 1. The zero-order valence-electron chi connectivity index (χ0n) is 13.0. The number of aromatic nitrogens is 4. The average molecular weight is 319 g/mol. The van der Waals surface area contributed by atoms with E-state index in [0.717, 1.165) is 18.1 Å². The first-order valence-corrected chi connectivity index (χ1v) is 7.24. The number of hydrogen-bond acceptors (Lipinski definition) is 5. The van der Waals surface area contributed by atoms with E-state index in [1.165, 1.54) is 4.90 Å². The average Bonchev–Trinajstić information content (AvgIpc) is 3.01. The third kappa shape index (κ3) is 3.22. The van der Waals surface area contributed by atoms with Gasteiger partial charge in [-0.25, -0.2) is 19.2 Å². The number of halogens is 1. The van der Waals surface area contributed by atoms with Crippen molar-refractivity contribution in [3.63, 3.8) is 0 Å². The fourth-order valence-electron chi connectivity index (χ4n) is 2.52. The number of hydrogen-bond donors (Lipinski definition) is 1. The Hall–Kier alpha value is -2.71. The topological polar surface area (TPSA) is 79.2 Å². The highest BCUT2D eigenvalue weighted by Crippen LogP contribution is 2.22. The summed E-state index contributed by atoms with van der Waals surface area (Å²) in [5.74, 6) is -0.00613. The summed E-state index contributed by atoms with van der Waals surface area (Å²) in [5.41, 5.74) is 0.994. The minimum absolute atomic E-state index is 0.0497. The van der Waals surface area contributed by atoms with Gasteiger partial charge in [0.25, 0.3) is 0 Å². The van der Waals surface area contributed by atoms with Crippen molar-refractivity contribution >= 4 is 12.0 Å². The van der Waals surface area contributed by atoms with E-state index in [2.05, 4.69) is 20.4 Å². The maximum absolute atomic E-state index is 13.0. The molecule has 1 aliphatic heterocycles. The standard InChI is InChI=1S/C14H18FN7O/c1-20(2)14(23)18-7-12-9-21(8-11-3-4-19-22(11)12)13-16-5-10(15)6-17-13/h3-6,12H,7-9H2,1-2H3,(H,18,23)/t12-/m1/s1. The molecule has 2 aromatic heterocycles. The number of rotatable bonds is 3. The summed E-state index contributed by atoms with van der Waals surface area (Å²) in [5, 5.41) is 7.19. The first-order valence-electron chi connectivity index (χ1n) is 7.24. The number of carbonyl (C=O) groups excluding carboxylic acids is 1. The van der Waals surface area contributed by atoms with Crippen LogP contribution in [0, 0.1) is 5.82 Å². The van der Waals surface area contributed by atoms with Gasteiger partial charge >= 0.3 is 6.03 Å². The summed E-state index contributed by atoms with van der Waals surface area (Å²) in [6.07, 6.45) is 4.03. The normalized spacial score (nSPS) is 16.8. The van der Waals surface area contributed by atoms with Crippen molar-refractivity contribution in [2.45, 2.75) is 12.6 Å². The lowest BCUT2D eigenvalue weighted by molar-refractivity contribution is 0.214. The van der Waals surface area contributed by atoms with E-state index in [1.807, 2.05) is 15.6 Å². The molecule has 0 saturated carbocycles. The van der Waals surface area contributed by atoms with Crippen molar-refractivity contribution in [1.29, 1.82) is 0 Å². The predicted octanol–water partition coefficient (Wildman–Crippen LogP) is 0.645. The lowest BCUT2D eigenvalue weighted by Gasteiger charge is -2.34. The van der Waals surface area contributed by atoms with E-state index in [4.69, 9.17) is 0 Å². The first-order chi connectivity index (χ1) is 11.0. The summed E-state index contributed by atoms with van der Waals surface area (Å²) in [7, 11) is 3.38. The number of anilines is 1. The molecule has 0 aliphatic carbocycles. The second-order valence-electron chi connectivity index (χ2n) is 5.58. The lowest BCUT2D eigenvalue weighted by atomic mass is 10.2. The molecule has 3 rings (SSSR count). The lowest BCUT2D eigenvalue weighted by Crippen LogP contribution is -2.45. The van der Waals surface area contributed by atoms with Crippen LogP contribution in [0.15, 0.2) is 24.7 Å². The van der Waals surface area contributed by atoms with Gasteiger partial charge in [0.15, 0.2) is 5.82 Å². The first kappa shape index (κ1) is 15.2. The Labute approximate surface area is 132 Å². The van der Waals surface area contributed by atoms with Crippen molar-refractivity contribution in [1.82, 2.24) is 30.0 Å². The molecule has 0 fully saturated rings. The molecule has 1 atom stereocenters. The molecule has 9 heteroatoms. The molecule has 8 nitrogen and oxygen atoms in total. The van der Waals surface area contributed by atoms with Gasteiger partial charge in [0.05, 0.1) is 30.7 Å². The Morgan fingerprint density at radius 3 is 2.87 bits per heavy atom. The fourth-order valence-corrected chi connectivity index (χ4v) is 2.52. The highest BCUT2D eigenvalue weighted by Gasteiger charge is 2.27. The van der Waals surface area contributed by atoms with Crippen LogP contribution in [0.4, 0.5) is 15.1 Å². The van der Waals surface area contributed by atoms with Gasteiger partial charge in [-0.15, -0.1) is 0 Å². The van der Waals surface area contributed by atoms with E-state index in [-0.39, 0.29) is 12.1 Å². The molecule has 3 heterocycles. The van der Waals surface area contributed by atoms with Crippen LogP contribution < -0.4 is 10.2 Å². The Kier molecular flexibility index (Phi) is 4.09. The minimum atomic E-state index is -0.467. The van der Waals surface area contributed by atoms with Crippen LogP contribution in [-0.4, -0.2) is 57.9 Å². The molecule has 0 radical (unpaired) electrons. The van der Waals surface area contributed by atoms with E-state index in [9.17, 15) is 9.18 Å². The van der Waals surface area contributed by atoms with Gasteiger partial charge in [0.2, 0.25) is 5.95 Å². The van der Waals surface area contributed by atoms with E-state index >= 15 is 0 Å². The van der Waals surface area contributed by atoms with Gasteiger partial charge in [-0.05, 0) is 6.07 Å². The van der Waals surface area contributed by atoms with Crippen molar-refractivity contribution in [3.8, 4) is 0 Å². The van der Waals surface area contributed by atoms with Crippen LogP contribution >= 0.6 is 0 Å². The Morgan fingerprint density at radius 2 is 2.17 bits per heavy atom. The van der Waals surface area contributed by atoms with E-state index < -0.39 is 5.82 Å². The zero-order chi connectivity index (χ0) is 16.4. The second-order valence-corrected chi connectivity index (χ2v) is 5.58. The Morgan fingerprint density at radius 1 is 1.43 bits per heavy atom. The predicted molar refractivity (Wildman–Crippen MR) is 81.4 cm³/mol. The van der Waals surface area contributed by atoms with Crippen LogP contribution in [0.2, 0.25) is 0 Å². The fraction of sp³-hybridized carbons (Fsp3) is 0.429. The molecule has 0 spiro atoms. The largest absolute Gasteiger partial charge is 0.336 e. The summed E-state index contributed by atoms with van der Waals surface area (Å²) in [6, 6.07) is 1.70. The van der Waals surface area contributed by atoms with Gasteiger partial charge < -0.3 is 15.1 Å². The van der Waals surface area contributed by atoms with E-state index in [0.29, 0.717) is 25.6 Å². The Bertz CT molecular complexity index is 685. The SMILES string of the molecule is CN(C)C(=O)NC[C@@H]1CN(c2ncc(F)cn2)Cc2ccnn21. The number of fused-ring (bicyclic) bond motifs is 1. The molecule has 122 valence electrons. The molecule has 0 saturated heterocycles. The highest BCUT2D eigenvalue weighted by molar-refractivity contribution is 5.73. The molecule has 2 amide bonds. The summed E-state index contributed by atoms with van der Waals surface area (Å²) < 4.78 is 14.9. The summed E-state index contributed by atoms with van der Waals surface area (Å²) in [4.78, 5) is 23.2. The third-order valence-corrected chi connectivity index (χ3v) is 3.67. The molecular weight excluding hydrogens is 301 g/mol. The molecule has 0 unspecified atom stereocenters. The minimum Gasteiger partial charge on any atom is -0.336 e. The van der Waals surface area contributed by atoms with Gasteiger partial charge in [-0.1, -0.05) is 0 Å². The number of urea groups is 1. The van der Waals surface area contributed by atoms with Crippen molar-refractivity contribution in [2.75, 3.05) is 32.1 Å². The van der Waals surface area contributed by atoms with E-state index in [1.54, 1.807) is 20.3 Å². The van der Waals surface area contributed by atoms with Crippen LogP contribution in [0.1, 0.15) is 11.7 Å². The number of amides is 2. The highest BCUT2D eigenvalue weighted by atomic mass is 19.1. The van der Waals surface area contributed by atoms with Gasteiger partial charge in [-0.2, -0.15) is 5.10 Å². The quantitative estimate of drug-likeness (QED) is 0.898. The van der Waals surface area contributed by atoms with Gasteiger partial charge in [0.1, 0.15) is 0 Å². The molecular formula is C14H18FN7O. The maximum Gasteiger partial charge on any atom is 0.316 e. The zero-order valence-corrected chi connectivity index (χ0v) is 13.0. The van der Waals surface area contributed by atoms with Crippen LogP contribution in [0.5, 0.6) is 0 Å². The summed E-state index contributed by atoms with van der Waals surface area (Å²) in [6.45, 7) is 1.60. The van der Waals surface area contributed by atoms with Crippen LogP contribution in [-0.2, 0) is 6.54 Å². The number of carbonyl (C=O) groups is 1. The molecule has 2 aromatic rings. The molecule has 0 bridgehead atoms. The molecule has 23 heavy (non-hydrogen) atoms. The van der Waals surface area contributed by atoms with Crippen molar-refractivity contribution in [3.05, 3.63) is 36.2 Å². The maximum atomic E-state index is 13.0. The molecule has 0 aromatic carbocycles. The summed E-state index contributed by atoms with van der Waals surface area (Å²) >= 11 is 0. The number of nitrogens with zero attached hydrogens (tertiary/aromatic N) is 6. The van der Waals surface area contributed by atoms with Crippen LogP contribution in [0.25, 0.3) is 0 Å². The second kappa shape index (κ2) is 6.19. The van der Waals surface area contributed by atoms with Crippen LogP contribution in [0.3, 0.4) is 0 Å². The third-order valence-electron chi connectivity index (χ3n) is 3.67. The van der Waals surface area contributed by atoms with Gasteiger partial charge in [0, 0.05) is 33.4 Å². The van der Waals surface area contributed by atoms with Crippen molar-refractivity contribution < 1.29 is 9.18 Å².